The summed E-state index contributed by atoms with van der Waals surface area (Å²) < 4.78 is 29.3. The first kappa shape index (κ1) is 32.0. The molecule has 5 rings (SSSR count). The Morgan fingerprint density at radius 3 is 2.44 bits per heavy atom. The van der Waals surface area contributed by atoms with Crippen LogP contribution < -0.4 is 4.72 Å². The molecule has 1 aliphatic rings. The zero-order valence-corrected chi connectivity index (χ0v) is 27.3. The predicted molar refractivity (Wildman–Crippen MR) is 187 cm³/mol. The molecule has 1 heterocycles. The quantitative estimate of drug-likeness (QED) is 0.105. The molecule has 1 aliphatic carbocycles. The molecular weight excluding hydrogens is 577 g/mol. The Kier molecular flexibility index (Phi) is 9.45. The zero-order chi connectivity index (χ0) is 32.2. The first-order valence-corrected chi connectivity index (χ1v) is 17.0. The summed E-state index contributed by atoms with van der Waals surface area (Å²) in [6.07, 6.45) is 15.0. The van der Waals surface area contributed by atoms with Crippen LogP contribution in [0.25, 0.3) is 22.0 Å². The van der Waals surface area contributed by atoms with Crippen molar-refractivity contribution in [2.45, 2.75) is 57.3 Å². The van der Waals surface area contributed by atoms with Gasteiger partial charge in [0, 0.05) is 22.2 Å². The molecule has 4 aromatic rings. The minimum Gasteiger partial charge on any atom is -0.351 e. The van der Waals surface area contributed by atoms with E-state index in [1.54, 1.807) is 36.4 Å². The third kappa shape index (κ3) is 7.63. The Bertz CT molecular complexity index is 1890. The van der Waals surface area contributed by atoms with Crippen LogP contribution in [0.15, 0.2) is 126 Å². The van der Waals surface area contributed by atoms with Gasteiger partial charge in [-0.05, 0) is 84.0 Å². The number of carbonyl (C=O) groups excluding carboxylic acids is 1. The van der Waals surface area contributed by atoms with Gasteiger partial charge in [0.2, 0.25) is 5.78 Å². The number of nitrogens with one attached hydrogen (secondary N) is 2. The third-order valence-electron chi connectivity index (χ3n) is 8.50. The molecule has 0 fully saturated rings. The van der Waals surface area contributed by atoms with Crippen LogP contribution in [0.4, 0.5) is 5.69 Å². The van der Waals surface area contributed by atoms with Crippen LogP contribution in [0.2, 0.25) is 0 Å². The van der Waals surface area contributed by atoms with Crippen LogP contribution >= 0.6 is 0 Å². The zero-order valence-electron chi connectivity index (χ0n) is 26.5. The SMILES string of the molecule is C=C(/C=C/C(=O)c1[nH]c2ccc(NS(=O)(=O)c3ccc(C(C)(C)C)cc3)cc2c1-c1ccccc1)CCC1C=CC=CCC1C. The highest BCUT2D eigenvalue weighted by molar-refractivity contribution is 7.92. The molecule has 0 spiro atoms. The number of sulfonamides is 1. The van der Waals surface area contributed by atoms with E-state index in [1.807, 2.05) is 48.5 Å². The summed E-state index contributed by atoms with van der Waals surface area (Å²) >= 11 is 0. The highest BCUT2D eigenvalue weighted by Gasteiger charge is 2.21. The van der Waals surface area contributed by atoms with E-state index in [9.17, 15) is 13.2 Å². The molecule has 2 atom stereocenters. The van der Waals surface area contributed by atoms with Crippen molar-refractivity contribution < 1.29 is 13.2 Å². The van der Waals surface area contributed by atoms with Crippen molar-refractivity contribution in [3.8, 4) is 11.1 Å². The molecule has 45 heavy (non-hydrogen) atoms. The van der Waals surface area contributed by atoms with Gasteiger partial charge in [-0.15, -0.1) is 0 Å². The highest BCUT2D eigenvalue weighted by atomic mass is 32.2. The fraction of sp³-hybridized carbons (Fsp3) is 0.256. The van der Waals surface area contributed by atoms with Gasteiger partial charge < -0.3 is 4.98 Å². The first-order valence-electron chi connectivity index (χ1n) is 15.5. The topological polar surface area (TPSA) is 79.0 Å². The van der Waals surface area contributed by atoms with Crippen LogP contribution in [-0.2, 0) is 15.4 Å². The Labute approximate surface area is 267 Å². The van der Waals surface area contributed by atoms with Crippen molar-refractivity contribution in [3.63, 3.8) is 0 Å². The number of fused-ring (bicyclic) bond motifs is 1. The molecule has 0 saturated heterocycles. The van der Waals surface area contributed by atoms with Gasteiger partial charge in [0.25, 0.3) is 10.0 Å². The summed E-state index contributed by atoms with van der Waals surface area (Å²) in [6.45, 7) is 12.7. The molecule has 0 amide bonds. The molecular formula is C39H42N2O3S. The normalized spacial score (nSPS) is 17.1. The fourth-order valence-corrected chi connectivity index (χ4v) is 6.78. The number of ketones is 1. The van der Waals surface area contributed by atoms with Crippen molar-refractivity contribution in [3.05, 3.63) is 133 Å². The lowest BCUT2D eigenvalue weighted by molar-refractivity contribution is 0.104. The van der Waals surface area contributed by atoms with Gasteiger partial charge >= 0.3 is 0 Å². The van der Waals surface area contributed by atoms with E-state index < -0.39 is 10.0 Å². The van der Waals surface area contributed by atoms with Crippen molar-refractivity contribution in [2.24, 2.45) is 11.8 Å². The number of hydrogen-bond acceptors (Lipinski definition) is 3. The summed E-state index contributed by atoms with van der Waals surface area (Å²) in [5.74, 6) is 0.884. The third-order valence-corrected chi connectivity index (χ3v) is 9.90. The average Bonchev–Trinajstić information content (AvgIpc) is 3.27. The van der Waals surface area contributed by atoms with Crippen LogP contribution in [-0.4, -0.2) is 19.2 Å². The largest absolute Gasteiger partial charge is 0.351 e. The van der Waals surface area contributed by atoms with Crippen LogP contribution in [0.5, 0.6) is 0 Å². The van der Waals surface area contributed by atoms with E-state index in [-0.39, 0.29) is 16.1 Å². The summed E-state index contributed by atoms with van der Waals surface area (Å²) in [4.78, 5) is 17.1. The molecule has 3 aromatic carbocycles. The van der Waals surface area contributed by atoms with Gasteiger partial charge in [0.1, 0.15) is 0 Å². The summed E-state index contributed by atoms with van der Waals surface area (Å²) in [5, 5.41) is 0.753. The van der Waals surface area contributed by atoms with Crippen molar-refractivity contribution in [1.29, 1.82) is 0 Å². The lowest BCUT2D eigenvalue weighted by atomic mass is 9.87. The minimum atomic E-state index is -3.82. The van der Waals surface area contributed by atoms with Crippen LogP contribution in [0.1, 0.15) is 63.0 Å². The van der Waals surface area contributed by atoms with Crippen LogP contribution in [0, 0.1) is 11.8 Å². The van der Waals surface area contributed by atoms with Gasteiger partial charge in [-0.2, -0.15) is 0 Å². The maximum absolute atomic E-state index is 13.6. The second-order valence-corrected chi connectivity index (χ2v) is 14.6. The molecule has 232 valence electrons. The number of hydrogen-bond donors (Lipinski definition) is 2. The lowest BCUT2D eigenvalue weighted by Gasteiger charge is -2.19. The molecule has 0 radical (unpaired) electrons. The van der Waals surface area contributed by atoms with E-state index in [0.29, 0.717) is 23.2 Å². The molecule has 5 nitrogen and oxygen atoms in total. The molecule has 1 aromatic heterocycles. The number of aromatic amines is 1. The van der Waals surface area contributed by atoms with E-state index in [2.05, 4.69) is 68.3 Å². The van der Waals surface area contributed by atoms with E-state index in [1.165, 1.54) is 0 Å². The first-order chi connectivity index (χ1) is 21.4. The van der Waals surface area contributed by atoms with Gasteiger partial charge in [-0.25, -0.2) is 8.42 Å². The van der Waals surface area contributed by atoms with Crippen molar-refractivity contribution >= 4 is 32.4 Å². The van der Waals surface area contributed by atoms with E-state index in [4.69, 9.17) is 0 Å². The van der Waals surface area contributed by atoms with Gasteiger partial charge in [0.05, 0.1) is 10.6 Å². The molecule has 0 aliphatic heterocycles. The van der Waals surface area contributed by atoms with Gasteiger partial charge in [-0.1, -0.05) is 113 Å². The second kappa shape index (κ2) is 13.3. The maximum atomic E-state index is 13.6. The van der Waals surface area contributed by atoms with Gasteiger partial charge in [0.15, 0.2) is 0 Å². The Hall–Kier alpha value is -4.42. The maximum Gasteiger partial charge on any atom is 0.261 e. The van der Waals surface area contributed by atoms with E-state index in [0.717, 1.165) is 52.4 Å². The number of anilines is 1. The Morgan fingerprint density at radius 1 is 1.00 bits per heavy atom. The molecule has 2 unspecified atom stereocenters. The predicted octanol–water partition coefficient (Wildman–Crippen LogP) is 9.78. The van der Waals surface area contributed by atoms with Crippen molar-refractivity contribution in [1.82, 2.24) is 4.98 Å². The molecule has 0 saturated carbocycles. The Balaban J connectivity index is 1.40. The summed E-state index contributed by atoms with van der Waals surface area (Å²) in [7, 11) is -3.82. The number of allylic oxidation sites excluding steroid dienone is 7. The lowest BCUT2D eigenvalue weighted by Crippen LogP contribution is -2.14. The highest BCUT2D eigenvalue weighted by Crippen LogP contribution is 2.35. The number of H-pyrrole nitrogens is 1. The fourth-order valence-electron chi connectivity index (χ4n) is 5.73. The summed E-state index contributed by atoms with van der Waals surface area (Å²) in [5.41, 5.74) is 5.08. The van der Waals surface area contributed by atoms with Gasteiger partial charge in [-0.3, -0.25) is 9.52 Å². The second-order valence-electron chi connectivity index (χ2n) is 13.0. The monoisotopic (exact) mass is 618 g/mol. The average molecular weight is 619 g/mol. The number of rotatable bonds is 10. The molecule has 6 heteroatoms. The standard InChI is InChI=1S/C39H42N2O3S/c1-27(16-18-29-13-9-6-8-12-28(29)2)17-25-36(42)38-37(30-14-10-7-11-15-30)34-26-32(21-24-35(34)40-38)41-45(43,44)33-22-19-31(20-23-33)39(3,4)5/h6-11,13-15,17,19-26,28-29,40-41H,1,12,16,18H2,2-5H3/b25-17+. The van der Waals surface area contributed by atoms with Crippen molar-refractivity contribution in [2.75, 3.05) is 4.72 Å². The van der Waals surface area contributed by atoms with E-state index >= 15 is 0 Å². The minimum absolute atomic E-state index is 0.0803. The van der Waals surface area contributed by atoms with Crippen LogP contribution in [0.3, 0.4) is 0 Å². The molecule has 0 bridgehead atoms. The smallest absolute Gasteiger partial charge is 0.261 e. The number of carbonyl (C=O) groups is 1. The summed E-state index contributed by atoms with van der Waals surface area (Å²) in [6, 6.07) is 21.9. The number of benzene rings is 3. The number of aromatic nitrogens is 1. The Morgan fingerprint density at radius 2 is 1.73 bits per heavy atom. The molecule has 2 N–H and O–H groups in total.